The highest BCUT2D eigenvalue weighted by Gasteiger charge is 2.35. The lowest BCUT2D eigenvalue weighted by Gasteiger charge is -2.46. The van der Waals surface area contributed by atoms with E-state index in [0.717, 1.165) is 12.5 Å². The van der Waals surface area contributed by atoms with Crippen LogP contribution in [0.1, 0.15) is 26.7 Å². The standard InChI is InChI=1S/C12H22N2O2/c1-8(12(15)16)9(2)13-11-7-14-5-3-10(11)4-6-14/h8-11,13H,3-7H2,1-2H3,(H,15,16). The van der Waals surface area contributed by atoms with Gasteiger partial charge < -0.3 is 15.3 Å². The summed E-state index contributed by atoms with van der Waals surface area (Å²) in [4.78, 5) is 13.4. The van der Waals surface area contributed by atoms with Gasteiger partial charge in [0.1, 0.15) is 0 Å². The maximum absolute atomic E-state index is 10.9. The molecule has 0 aromatic rings. The van der Waals surface area contributed by atoms with Crippen molar-refractivity contribution in [3.63, 3.8) is 0 Å². The third-order valence-electron chi connectivity index (χ3n) is 4.27. The molecule has 0 amide bonds. The molecule has 3 heterocycles. The van der Waals surface area contributed by atoms with Crippen molar-refractivity contribution in [3.05, 3.63) is 0 Å². The largest absolute Gasteiger partial charge is 0.481 e. The van der Waals surface area contributed by atoms with E-state index in [1.165, 1.54) is 25.9 Å². The third kappa shape index (κ3) is 2.38. The van der Waals surface area contributed by atoms with Crippen LogP contribution in [0.3, 0.4) is 0 Å². The molecule has 0 aliphatic carbocycles. The Morgan fingerprint density at radius 2 is 2.00 bits per heavy atom. The lowest BCUT2D eigenvalue weighted by Crippen LogP contribution is -2.58. The van der Waals surface area contributed by atoms with E-state index in [0.29, 0.717) is 6.04 Å². The summed E-state index contributed by atoms with van der Waals surface area (Å²) in [5.74, 6) is -0.259. The summed E-state index contributed by atoms with van der Waals surface area (Å²) in [5, 5.41) is 12.5. The van der Waals surface area contributed by atoms with Gasteiger partial charge in [0.05, 0.1) is 5.92 Å². The zero-order chi connectivity index (χ0) is 11.7. The van der Waals surface area contributed by atoms with Crippen LogP contribution in [0.15, 0.2) is 0 Å². The smallest absolute Gasteiger partial charge is 0.307 e. The minimum atomic E-state index is -0.707. The number of carboxylic acids is 1. The van der Waals surface area contributed by atoms with Gasteiger partial charge in [0.25, 0.3) is 0 Å². The SMILES string of the molecule is CC(NC1CN2CCC1CC2)C(C)C(=O)O. The molecule has 0 spiro atoms. The van der Waals surface area contributed by atoms with E-state index in [4.69, 9.17) is 5.11 Å². The third-order valence-corrected chi connectivity index (χ3v) is 4.27. The quantitative estimate of drug-likeness (QED) is 0.744. The Bertz CT molecular complexity index is 262. The molecule has 2 N–H and O–H groups in total. The second-order valence-corrected chi connectivity index (χ2v) is 5.33. The van der Waals surface area contributed by atoms with Gasteiger partial charge in [-0.25, -0.2) is 0 Å². The van der Waals surface area contributed by atoms with E-state index >= 15 is 0 Å². The average molecular weight is 226 g/mol. The Balaban J connectivity index is 1.87. The molecule has 3 unspecified atom stereocenters. The molecule has 4 nitrogen and oxygen atoms in total. The minimum Gasteiger partial charge on any atom is -0.481 e. The molecule has 0 saturated carbocycles. The molecule has 0 radical (unpaired) electrons. The number of carboxylic acid groups (broad SMARTS) is 1. The molecule has 3 fully saturated rings. The molecular weight excluding hydrogens is 204 g/mol. The van der Waals surface area contributed by atoms with Gasteiger partial charge in [-0.3, -0.25) is 4.79 Å². The van der Waals surface area contributed by atoms with Crippen LogP contribution in [0.5, 0.6) is 0 Å². The summed E-state index contributed by atoms with van der Waals surface area (Å²) in [6.45, 7) is 7.32. The first-order valence-electron chi connectivity index (χ1n) is 6.29. The van der Waals surface area contributed by atoms with Crippen LogP contribution in [-0.4, -0.2) is 47.7 Å². The first kappa shape index (κ1) is 11.9. The van der Waals surface area contributed by atoms with Crippen molar-refractivity contribution in [3.8, 4) is 0 Å². The van der Waals surface area contributed by atoms with Crippen molar-refractivity contribution in [1.82, 2.24) is 10.2 Å². The maximum atomic E-state index is 10.9. The second-order valence-electron chi connectivity index (χ2n) is 5.33. The minimum absolute atomic E-state index is 0.0584. The highest BCUT2D eigenvalue weighted by Crippen LogP contribution is 2.28. The predicted molar refractivity (Wildman–Crippen MR) is 62.3 cm³/mol. The van der Waals surface area contributed by atoms with Gasteiger partial charge in [-0.1, -0.05) is 6.92 Å². The fraction of sp³-hybridized carbons (Fsp3) is 0.917. The van der Waals surface area contributed by atoms with Gasteiger partial charge in [-0.2, -0.15) is 0 Å². The van der Waals surface area contributed by atoms with Gasteiger partial charge in [-0.15, -0.1) is 0 Å². The summed E-state index contributed by atoms with van der Waals surface area (Å²) in [7, 11) is 0. The van der Waals surface area contributed by atoms with Crippen LogP contribution in [0.4, 0.5) is 0 Å². The zero-order valence-electron chi connectivity index (χ0n) is 10.1. The molecule has 2 bridgehead atoms. The van der Waals surface area contributed by atoms with Gasteiger partial charge >= 0.3 is 5.97 Å². The monoisotopic (exact) mass is 226 g/mol. The Morgan fingerprint density at radius 3 is 2.44 bits per heavy atom. The number of piperidine rings is 3. The van der Waals surface area contributed by atoms with Gasteiger partial charge in [0.15, 0.2) is 0 Å². The number of nitrogens with one attached hydrogen (secondary N) is 1. The first-order valence-corrected chi connectivity index (χ1v) is 6.29. The molecular formula is C12H22N2O2. The van der Waals surface area contributed by atoms with Crippen molar-refractivity contribution >= 4 is 5.97 Å². The van der Waals surface area contributed by atoms with Gasteiger partial charge in [0.2, 0.25) is 0 Å². The highest BCUT2D eigenvalue weighted by atomic mass is 16.4. The Kier molecular flexibility index (Phi) is 3.50. The first-order chi connectivity index (χ1) is 7.58. The molecule has 0 aromatic carbocycles. The average Bonchev–Trinajstić information content (AvgIpc) is 2.29. The Hall–Kier alpha value is -0.610. The second kappa shape index (κ2) is 4.72. The van der Waals surface area contributed by atoms with Crippen molar-refractivity contribution in [1.29, 1.82) is 0 Å². The molecule has 16 heavy (non-hydrogen) atoms. The number of hydrogen-bond acceptors (Lipinski definition) is 3. The lowest BCUT2D eigenvalue weighted by atomic mass is 9.83. The van der Waals surface area contributed by atoms with Crippen LogP contribution >= 0.6 is 0 Å². The van der Waals surface area contributed by atoms with E-state index in [2.05, 4.69) is 10.2 Å². The van der Waals surface area contributed by atoms with Crippen LogP contribution in [-0.2, 0) is 4.79 Å². The van der Waals surface area contributed by atoms with Crippen molar-refractivity contribution in [2.24, 2.45) is 11.8 Å². The van der Waals surface area contributed by atoms with Crippen LogP contribution in [0, 0.1) is 11.8 Å². The predicted octanol–water partition coefficient (Wildman–Crippen LogP) is 0.779. The normalized spacial score (nSPS) is 37.0. The number of fused-ring (bicyclic) bond motifs is 3. The summed E-state index contributed by atoms with van der Waals surface area (Å²) in [5.41, 5.74) is 0. The van der Waals surface area contributed by atoms with Gasteiger partial charge in [0, 0.05) is 18.6 Å². The summed E-state index contributed by atoms with van der Waals surface area (Å²) in [6.07, 6.45) is 2.54. The molecule has 4 heteroatoms. The van der Waals surface area contributed by atoms with E-state index in [-0.39, 0.29) is 12.0 Å². The van der Waals surface area contributed by atoms with Crippen LogP contribution < -0.4 is 5.32 Å². The number of hydrogen-bond donors (Lipinski definition) is 2. The fourth-order valence-corrected chi connectivity index (χ4v) is 2.85. The Morgan fingerprint density at radius 1 is 1.38 bits per heavy atom. The summed E-state index contributed by atoms with van der Waals surface area (Å²) < 4.78 is 0. The summed E-state index contributed by atoms with van der Waals surface area (Å²) in [6, 6.07) is 0.558. The lowest BCUT2D eigenvalue weighted by molar-refractivity contribution is -0.142. The zero-order valence-corrected chi connectivity index (χ0v) is 10.1. The number of rotatable bonds is 4. The fourth-order valence-electron chi connectivity index (χ4n) is 2.85. The summed E-state index contributed by atoms with van der Waals surface area (Å²) >= 11 is 0. The molecule has 3 rings (SSSR count). The van der Waals surface area contributed by atoms with Crippen molar-refractivity contribution < 1.29 is 9.90 Å². The maximum Gasteiger partial charge on any atom is 0.307 e. The number of aliphatic carboxylic acids is 1. The van der Waals surface area contributed by atoms with E-state index in [1.807, 2.05) is 6.92 Å². The van der Waals surface area contributed by atoms with Crippen LogP contribution in [0.25, 0.3) is 0 Å². The number of nitrogens with zero attached hydrogens (tertiary/aromatic N) is 1. The molecule has 92 valence electrons. The van der Waals surface area contributed by atoms with Crippen LogP contribution in [0.2, 0.25) is 0 Å². The molecule has 3 saturated heterocycles. The van der Waals surface area contributed by atoms with Gasteiger partial charge in [-0.05, 0) is 38.8 Å². The molecule has 3 aliphatic heterocycles. The van der Waals surface area contributed by atoms with Crippen molar-refractivity contribution in [2.75, 3.05) is 19.6 Å². The number of carbonyl (C=O) groups is 1. The van der Waals surface area contributed by atoms with E-state index in [9.17, 15) is 4.79 Å². The molecule has 3 aliphatic rings. The van der Waals surface area contributed by atoms with E-state index in [1.54, 1.807) is 6.92 Å². The van der Waals surface area contributed by atoms with E-state index < -0.39 is 5.97 Å². The van der Waals surface area contributed by atoms with Crippen molar-refractivity contribution in [2.45, 2.75) is 38.8 Å². The topological polar surface area (TPSA) is 52.6 Å². The highest BCUT2D eigenvalue weighted by molar-refractivity contribution is 5.70. The molecule has 0 aromatic heterocycles. The Labute approximate surface area is 97.0 Å². The molecule has 3 atom stereocenters.